The minimum absolute atomic E-state index is 1.06. The van der Waals surface area contributed by atoms with Crippen molar-refractivity contribution < 1.29 is 0 Å². The summed E-state index contributed by atoms with van der Waals surface area (Å²) in [6.45, 7) is 3.92. The van der Waals surface area contributed by atoms with Crippen molar-refractivity contribution in [3.05, 3.63) is 35.7 Å². The zero-order chi connectivity index (χ0) is 6.27. The Balaban J connectivity index is 2.49. The number of hydrogen-bond donors (Lipinski definition) is 1. The van der Waals surface area contributed by atoms with Crippen molar-refractivity contribution in [3.8, 4) is 0 Å². The maximum Gasteiger partial charge on any atom is 0.0224 e. The molecule has 0 unspecified atom stereocenters. The van der Waals surface area contributed by atoms with Crippen molar-refractivity contribution in [2.24, 2.45) is 0 Å². The lowest BCUT2D eigenvalue weighted by Crippen LogP contribution is -1.77. The molecule has 9 heavy (non-hydrogen) atoms. The van der Waals surface area contributed by atoms with Gasteiger partial charge in [0.1, 0.15) is 0 Å². The summed E-state index contributed by atoms with van der Waals surface area (Å²) in [4.78, 5) is 3.19. The van der Waals surface area contributed by atoms with E-state index in [0.29, 0.717) is 0 Å². The predicted molar refractivity (Wildman–Crippen MR) is 37.3 cm³/mol. The Morgan fingerprint density at radius 1 is 1.44 bits per heavy atom. The number of rotatable bonds is 0. The highest BCUT2D eigenvalue weighted by Gasteiger charge is 2.13. The van der Waals surface area contributed by atoms with Crippen LogP contribution in [-0.4, -0.2) is 4.98 Å². The van der Waals surface area contributed by atoms with Gasteiger partial charge in [-0.15, -0.1) is 0 Å². The van der Waals surface area contributed by atoms with E-state index < -0.39 is 0 Å². The van der Waals surface area contributed by atoms with Crippen LogP contribution in [-0.2, 0) is 12.8 Å². The van der Waals surface area contributed by atoms with Crippen LogP contribution in [0.3, 0.4) is 0 Å². The Morgan fingerprint density at radius 3 is 3.11 bits per heavy atom. The molecule has 1 aliphatic carbocycles. The largest absolute Gasteiger partial charge is 0.364 e. The van der Waals surface area contributed by atoms with E-state index in [0.717, 1.165) is 12.8 Å². The average molecular weight is 119 g/mol. The fourth-order valence-corrected chi connectivity index (χ4v) is 1.35. The molecule has 0 amide bonds. The van der Waals surface area contributed by atoms with E-state index in [4.69, 9.17) is 0 Å². The van der Waals surface area contributed by atoms with Crippen molar-refractivity contribution >= 4 is 0 Å². The summed E-state index contributed by atoms with van der Waals surface area (Å²) in [7, 11) is 0. The SMILES string of the molecule is C=C1Cc2cc[nH]c2C1. The fraction of sp³-hybridized carbons (Fsp3) is 0.250. The number of fused-ring (bicyclic) bond motifs is 1. The molecular formula is C8H9N. The van der Waals surface area contributed by atoms with Crippen LogP contribution < -0.4 is 0 Å². The van der Waals surface area contributed by atoms with Gasteiger partial charge in [0, 0.05) is 18.3 Å². The third-order valence-electron chi connectivity index (χ3n) is 1.80. The molecule has 0 bridgehead atoms. The van der Waals surface area contributed by atoms with Crippen molar-refractivity contribution in [1.82, 2.24) is 4.98 Å². The van der Waals surface area contributed by atoms with Gasteiger partial charge < -0.3 is 4.98 Å². The van der Waals surface area contributed by atoms with Gasteiger partial charge in [0.2, 0.25) is 0 Å². The fourth-order valence-electron chi connectivity index (χ4n) is 1.35. The lowest BCUT2D eigenvalue weighted by Gasteiger charge is -1.85. The van der Waals surface area contributed by atoms with Crippen LogP contribution in [0, 0.1) is 0 Å². The Hall–Kier alpha value is -0.980. The van der Waals surface area contributed by atoms with Gasteiger partial charge >= 0.3 is 0 Å². The molecule has 1 heterocycles. The molecule has 1 N–H and O–H groups in total. The zero-order valence-electron chi connectivity index (χ0n) is 5.28. The van der Waals surface area contributed by atoms with E-state index >= 15 is 0 Å². The van der Waals surface area contributed by atoms with Crippen molar-refractivity contribution in [2.45, 2.75) is 12.8 Å². The van der Waals surface area contributed by atoms with Gasteiger partial charge in [0.25, 0.3) is 0 Å². The third-order valence-corrected chi connectivity index (χ3v) is 1.80. The Morgan fingerprint density at radius 2 is 2.33 bits per heavy atom. The first-order chi connectivity index (χ1) is 4.36. The van der Waals surface area contributed by atoms with Crippen LogP contribution in [0.4, 0.5) is 0 Å². The number of nitrogens with one attached hydrogen (secondary N) is 1. The predicted octanol–water partition coefficient (Wildman–Crippen LogP) is 1.67. The number of hydrogen-bond acceptors (Lipinski definition) is 0. The van der Waals surface area contributed by atoms with Gasteiger partial charge in [0.15, 0.2) is 0 Å². The molecular weight excluding hydrogens is 110 g/mol. The molecule has 0 fully saturated rings. The summed E-state index contributed by atoms with van der Waals surface area (Å²) >= 11 is 0. The second-order valence-electron chi connectivity index (χ2n) is 2.59. The molecule has 2 rings (SSSR count). The highest BCUT2D eigenvalue weighted by molar-refractivity contribution is 5.35. The molecule has 1 aromatic rings. The lowest BCUT2D eigenvalue weighted by atomic mass is 10.2. The van der Waals surface area contributed by atoms with Gasteiger partial charge in [-0.3, -0.25) is 0 Å². The molecule has 46 valence electrons. The molecule has 0 aromatic carbocycles. The maximum absolute atomic E-state index is 3.92. The monoisotopic (exact) mass is 119 g/mol. The minimum atomic E-state index is 1.06. The van der Waals surface area contributed by atoms with E-state index in [1.807, 2.05) is 6.20 Å². The van der Waals surface area contributed by atoms with Crippen LogP contribution >= 0.6 is 0 Å². The van der Waals surface area contributed by atoms with E-state index in [1.54, 1.807) is 0 Å². The van der Waals surface area contributed by atoms with E-state index in [-0.39, 0.29) is 0 Å². The van der Waals surface area contributed by atoms with Crippen molar-refractivity contribution in [1.29, 1.82) is 0 Å². The van der Waals surface area contributed by atoms with Crippen molar-refractivity contribution in [2.75, 3.05) is 0 Å². The van der Waals surface area contributed by atoms with Gasteiger partial charge in [0.05, 0.1) is 0 Å². The summed E-state index contributed by atoms with van der Waals surface area (Å²) < 4.78 is 0. The van der Waals surface area contributed by atoms with Crippen LogP contribution in [0.5, 0.6) is 0 Å². The maximum atomic E-state index is 3.92. The van der Waals surface area contributed by atoms with E-state index in [1.165, 1.54) is 16.8 Å². The smallest absolute Gasteiger partial charge is 0.0224 e. The molecule has 1 heteroatoms. The van der Waals surface area contributed by atoms with Crippen molar-refractivity contribution in [3.63, 3.8) is 0 Å². The van der Waals surface area contributed by atoms with E-state index in [2.05, 4.69) is 17.6 Å². The molecule has 0 spiro atoms. The first-order valence-corrected chi connectivity index (χ1v) is 3.18. The quantitative estimate of drug-likeness (QED) is 0.500. The minimum Gasteiger partial charge on any atom is -0.364 e. The molecule has 0 saturated carbocycles. The first kappa shape index (κ1) is 4.86. The average Bonchev–Trinajstić information content (AvgIpc) is 2.22. The van der Waals surface area contributed by atoms with Crippen LogP contribution in [0.2, 0.25) is 0 Å². The van der Waals surface area contributed by atoms with Gasteiger partial charge in [-0.2, -0.15) is 0 Å². The second-order valence-corrected chi connectivity index (χ2v) is 2.59. The molecule has 0 aliphatic heterocycles. The summed E-state index contributed by atoms with van der Waals surface area (Å²) in [5.41, 5.74) is 4.12. The number of allylic oxidation sites excluding steroid dienone is 1. The molecule has 1 nitrogen and oxygen atoms in total. The Kier molecular flexibility index (Phi) is 0.810. The molecule has 1 aromatic heterocycles. The lowest BCUT2D eigenvalue weighted by molar-refractivity contribution is 1.12. The summed E-state index contributed by atoms with van der Waals surface area (Å²) in [6, 6.07) is 2.13. The topological polar surface area (TPSA) is 15.8 Å². The van der Waals surface area contributed by atoms with Gasteiger partial charge in [-0.25, -0.2) is 0 Å². The Labute approximate surface area is 54.4 Å². The van der Waals surface area contributed by atoms with E-state index in [9.17, 15) is 0 Å². The van der Waals surface area contributed by atoms with Crippen LogP contribution in [0.1, 0.15) is 11.3 Å². The number of aromatic nitrogens is 1. The van der Waals surface area contributed by atoms with Crippen LogP contribution in [0.15, 0.2) is 24.4 Å². The summed E-state index contributed by atoms with van der Waals surface area (Å²) in [6.07, 6.45) is 4.14. The summed E-state index contributed by atoms with van der Waals surface area (Å²) in [5, 5.41) is 0. The Bertz CT molecular complexity index is 222. The third kappa shape index (κ3) is 0.611. The zero-order valence-corrected chi connectivity index (χ0v) is 5.28. The highest BCUT2D eigenvalue weighted by Crippen LogP contribution is 2.22. The number of H-pyrrole nitrogens is 1. The normalized spacial score (nSPS) is 16.2. The molecule has 1 aliphatic rings. The number of aromatic amines is 1. The standard InChI is InChI=1S/C8H9N/c1-6-4-7-2-3-9-8(7)5-6/h2-3,9H,1,4-5H2. The molecule has 0 radical (unpaired) electrons. The first-order valence-electron chi connectivity index (χ1n) is 3.18. The molecule has 0 atom stereocenters. The molecule has 0 saturated heterocycles. The van der Waals surface area contributed by atoms with Gasteiger partial charge in [-0.1, -0.05) is 12.2 Å². The van der Waals surface area contributed by atoms with Crippen LogP contribution in [0.25, 0.3) is 0 Å². The summed E-state index contributed by atoms with van der Waals surface area (Å²) in [5.74, 6) is 0. The van der Waals surface area contributed by atoms with Gasteiger partial charge in [-0.05, 0) is 18.1 Å². The second kappa shape index (κ2) is 1.50. The highest BCUT2D eigenvalue weighted by atomic mass is 14.7.